The number of nitrogens with zero attached hydrogens (tertiary/aromatic N) is 3. The fraction of sp³-hybridized carbons (Fsp3) is 0.333. The van der Waals surface area contributed by atoms with Crippen LogP contribution < -0.4 is 4.74 Å². The topological polar surface area (TPSA) is 91.6 Å². The van der Waals surface area contributed by atoms with E-state index in [2.05, 4.69) is 9.98 Å². The number of carbonyl (C=O) groups is 2. The predicted octanol–water partition coefficient (Wildman–Crippen LogP) is 3.95. The molecule has 7 nitrogen and oxygen atoms in total. The zero-order valence-corrected chi connectivity index (χ0v) is 17.6. The lowest BCUT2D eigenvalue weighted by molar-refractivity contribution is -0.128. The number of hydrogen-bond acceptors (Lipinski definition) is 5. The lowest BCUT2D eigenvalue weighted by Crippen LogP contribution is -2.24. The van der Waals surface area contributed by atoms with Crippen LogP contribution in [0.15, 0.2) is 52.4 Å². The summed E-state index contributed by atoms with van der Waals surface area (Å²) in [7, 11) is 0. The number of rotatable bonds is 6. The summed E-state index contributed by atoms with van der Waals surface area (Å²) in [6.45, 7) is 5.18. The molecule has 0 aliphatic carbocycles. The van der Waals surface area contributed by atoms with Crippen LogP contribution in [0, 0.1) is 0 Å². The molecule has 31 heavy (non-hydrogen) atoms. The van der Waals surface area contributed by atoms with Crippen molar-refractivity contribution in [3.63, 3.8) is 0 Å². The van der Waals surface area contributed by atoms with Crippen molar-refractivity contribution < 1.29 is 19.4 Å². The van der Waals surface area contributed by atoms with Gasteiger partial charge in [0.2, 0.25) is 5.91 Å². The molecule has 2 heterocycles. The number of carboxylic acids is 1. The smallest absolute Gasteiger partial charge is 0.335 e. The van der Waals surface area contributed by atoms with Crippen molar-refractivity contribution in [3.05, 3.63) is 59.2 Å². The van der Waals surface area contributed by atoms with Gasteiger partial charge in [-0.2, -0.15) is 0 Å². The molecule has 2 aromatic rings. The maximum absolute atomic E-state index is 12.0. The highest BCUT2D eigenvalue weighted by molar-refractivity contribution is 6.38. The van der Waals surface area contributed by atoms with Crippen molar-refractivity contribution in [3.8, 4) is 11.5 Å². The average molecular weight is 419 g/mol. The highest BCUT2D eigenvalue weighted by atomic mass is 16.5. The van der Waals surface area contributed by atoms with Crippen molar-refractivity contribution in [2.24, 2.45) is 9.98 Å². The number of aliphatic imine (C=N–C) groups is 2. The van der Waals surface area contributed by atoms with Crippen molar-refractivity contribution in [1.82, 2.24) is 4.90 Å². The quantitative estimate of drug-likeness (QED) is 0.767. The maximum Gasteiger partial charge on any atom is 0.335 e. The van der Waals surface area contributed by atoms with E-state index in [1.54, 1.807) is 17.2 Å². The SMILES string of the molecule is CC1N=CC(c2ccc(Oc3cc(C(=O)O)ccc3CN3CCCC3=O)cc2)=NC1C. The summed E-state index contributed by atoms with van der Waals surface area (Å²) in [5.41, 5.74) is 2.69. The highest BCUT2D eigenvalue weighted by Gasteiger charge is 2.22. The van der Waals surface area contributed by atoms with Crippen LogP contribution in [0.3, 0.4) is 0 Å². The molecule has 1 N–H and O–H groups in total. The Kier molecular flexibility index (Phi) is 5.84. The Morgan fingerprint density at radius 1 is 1.16 bits per heavy atom. The summed E-state index contributed by atoms with van der Waals surface area (Å²) in [4.78, 5) is 34.4. The van der Waals surface area contributed by atoms with Crippen LogP contribution in [0.5, 0.6) is 11.5 Å². The number of aromatic carboxylic acids is 1. The van der Waals surface area contributed by atoms with Crippen LogP contribution in [-0.2, 0) is 11.3 Å². The van der Waals surface area contributed by atoms with Crippen LogP contribution in [0.2, 0.25) is 0 Å². The van der Waals surface area contributed by atoms with E-state index in [0.29, 0.717) is 31.0 Å². The minimum Gasteiger partial charge on any atom is -0.478 e. The second kappa shape index (κ2) is 8.71. The molecule has 1 amide bonds. The van der Waals surface area contributed by atoms with Crippen LogP contribution in [0.4, 0.5) is 0 Å². The zero-order chi connectivity index (χ0) is 22.0. The van der Waals surface area contributed by atoms with E-state index < -0.39 is 5.97 Å². The summed E-state index contributed by atoms with van der Waals surface area (Å²) < 4.78 is 6.05. The summed E-state index contributed by atoms with van der Waals surface area (Å²) in [6.07, 6.45) is 3.19. The summed E-state index contributed by atoms with van der Waals surface area (Å²) in [5, 5.41) is 9.37. The molecular weight excluding hydrogens is 394 g/mol. The van der Waals surface area contributed by atoms with E-state index in [1.165, 1.54) is 12.1 Å². The second-order valence-corrected chi connectivity index (χ2v) is 7.95. The Bertz CT molecular complexity index is 1060. The van der Waals surface area contributed by atoms with Gasteiger partial charge in [-0.3, -0.25) is 14.8 Å². The molecule has 2 unspecified atom stereocenters. The van der Waals surface area contributed by atoms with Crippen LogP contribution in [-0.4, -0.2) is 52.4 Å². The van der Waals surface area contributed by atoms with Gasteiger partial charge in [-0.1, -0.05) is 6.07 Å². The molecule has 0 bridgehead atoms. The Balaban J connectivity index is 1.57. The lowest BCUT2D eigenvalue weighted by Gasteiger charge is -2.19. The third kappa shape index (κ3) is 4.66. The number of hydrogen-bond donors (Lipinski definition) is 1. The molecule has 1 fully saturated rings. The number of likely N-dealkylation sites (tertiary alicyclic amines) is 1. The minimum absolute atomic E-state index is 0.107. The fourth-order valence-corrected chi connectivity index (χ4v) is 3.63. The molecule has 2 atom stereocenters. The van der Waals surface area contributed by atoms with Gasteiger partial charge in [0.25, 0.3) is 0 Å². The van der Waals surface area contributed by atoms with Crippen molar-refractivity contribution in [2.45, 2.75) is 45.3 Å². The maximum atomic E-state index is 12.0. The number of ether oxygens (including phenoxy) is 1. The normalized spacial score (nSPS) is 20.6. The van der Waals surface area contributed by atoms with Gasteiger partial charge >= 0.3 is 5.97 Å². The number of carbonyl (C=O) groups excluding carboxylic acids is 1. The third-order valence-corrected chi connectivity index (χ3v) is 5.70. The van der Waals surface area contributed by atoms with Gasteiger partial charge in [0, 0.05) is 36.9 Å². The van der Waals surface area contributed by atoms with Crippen LogP contribution >= 0.6 is 0 Å². The van der Waals surface area contributed by atoms with Crippen LogP contribution in [0.1, 0.15) is 48.2 Å². The lowest BCUT2D eigenvalue weighted by atomic mass is 10.1. The molecule has 0 aromatic heterocycles. The second-order valence-electron chi connectivity index (χ2n) is 7.95. The predicted molar refractivity (Wildman–Crippen MR) is 119 cm³/mol. The molecule has 2 aliphatic heterocycles. The molecule has 0 saturated carbocycles. The fourth-order valence-electron chi connectivity index (χ4n) is 3.63. The Morgan fingerprint density at radius 3 is 2.58 bits per heavy atom. The van der Waals surface area contributed by atoms with Gasteiger partial charge in [-0.15, -0.1) is 0 Å². The monoisotopic (exact) mass is 419 g/mol. The zero-order valence-electron chi connectivity index (χ0n) is 17.6. The summed E-state index contributed by atoms with van der Waals surface area (Å²) >= 11 is 0. The molecule has 4 rings (SSSR count). The van der Waals surface area contributed by atoms with Gasteiger partial charge in [0.15, 0.2) is 0 Å². The molecule has 7 heteroatoms. The van der Waals surface area contributed by atoms with Gasteiger partial charge in [-0.05, 0) is 56.7 Å². The standard InChI is InChI=1S/C24H25N3O4/c1-15-16(2)26-21(13-25-15)17-7-9-20(10-8-17)31-22-12-18(24(29)30)5-6-19(22)14-27-11-3-4-23(27)28/h5-10,12-13,15-16H,3-4,11,14H2,1-2H3,(H,29,30). The van der Waals surface area contributed by atoms with E-state index >= 15 is 0 Å². The molecule has 2 aromatic carbocycles. The van der Waals surface area contributed by atoms with Crippen molar-refractivity contribution >= 4 is 23.8 Å². The molecule has 0 spiro atoms. The Hall–Kier alpha value is -3.48. The van der Waals surface area contributed by atoms with E-state index in [-0.39, 0.29) is 23.6 Å². The largest absolute Gasteiger partial charge is 0.478 e. The summed E-state index contributed by atoms with van der Waals surface area (Å²) in [6, 6.07) is 12.5. The highest BCUT2D eigenvalue weighted by Crippen LogP contribution is 2.29. The van der Waals surface area contributed by atoms with E-state index in [1.807, 2.05) is 38.1 Å². The Morgan fingerprint density at radius 2 is 1.94 bits per heavy atom. The molecule has 0 radical (unpaired) electrons. The van der Waals surface area contributed by atoms with E-state index in [0.717, 1.165) is 23.3 Å². The first-order valence-corrected chi connectivity index (χ1v) is 10.4. The number of carboxylic acid groups (broad SMARTS) is 1. The van der Waals surface area contributed by atoms with Gasteiger partial charge in [0.05, 0.1) is 23.4 Å². The van der Waals surface area contributed by atoms with Crippen LogP contribution in [0.25, 0.3) is 0 Å². The minimum atomic E-state index is -1.03. The molecule has 160 valence electrons. The first kappa shape index (κ1) is 20.8. The van der Waals surface area contributed by atoms with E-state index in [9.17, 15) is 14.7 Å². The number of amides is 1. The summed E-state index contributed by atoms with van der Waals surface area (Å²) in [5.74, 6) is 0.0967. The molecule has 2 aliphatic rings. The van der Waals surface area contributed by atoms with E-state index in [4.69, 9.17) is 4.74 Å². The third-order valence-electron chi connectivity index (χ3n) is 5.70. The Labute approximate surface area is 181 Å². The van der Waals surface area contributed by atoms with Gasteiger partial charge in [-0.25, -0.2) is 4.79 Å². The molecule has 1 saturated heterocycles. The number of benzene rings is 2. The van der Waals surface area contributed by atoms with Gasteiger partial charge in [0.1, 0.15) is 11.5 Å². The first-order chi connectivity index (χ1) is 14.9. The average Bonchev–Trinajstić information content (AvgIpc) is 3.16. The first-order valence-electron chi connectivity index (χ1n) is 10.4. The van der Waals surface area contributed by atoms with Crippen molar-refractivity contribution in [2.75, 3.05) is 6.54 Å². The van der Waals surface area contributed by atoms with Crippen molar-refractivity contribution in [1.29, 1.82) is 0 Å². The molecular formula is C24H25N3O4. The van der Waals surface area contributed by atoms with Gasteiger partial charge < -0.3 is 14.7 Å².